The molecule has 1 fully saturated rings. The Labute approximate surface area is 60.6 Å². The number of likely N-dealkylation sites (tertiary alicyclic amines) is 1. The minimum absolute atomic E-state index is 0.0535. The Hall–Kier alpha value is -0.570. The Bertz CT molecular complexity index is 154. The second kappa shape index (κ2) is 2.23. The van der Waals surface area contributed by atoms with Gasteiger partial charge in [0.05, 0.1) is 5.60 Å². The molecule has 10 heavy (non-hydrogen) atoms. The maximum Gasteiger partial charge on any atom is 0.219 e. The van der Waals surface area contributed by atoms with Crippen molar-refractivity contribution < 1.29 is 9.90 Å². The van der Waals surface area contributed by atoms with E-state index in [1.54, 1.807) is 11.8 Å². The molecule has 1 aliphatic rings. The Morgan fingerprint density at radius 1 is 1.70 bits per heavy atom. The first-order valence-corrected chi connectivity index (χ1v) is 3.49. The van der Waals surface area contributed by atoms with E-state index in [2.05, 4.69) is 0 Å². The average molecular weight is 143 g/mol. The Balaban J connectivity index is 2.51. The second-order valence-electron chi connectivity index (χ2n) is 3.19. The molecule has 0 aromatic heterocycles. The highest BCUT2D eigenvalue weighted by Gasteiger charge is 2.32. The number of hydrogen-bond acceptors (Lipinski definition) is 2. The van der Waals surface area contributed by atoms with Crippen LogP contribution >= 0.6 is 0 Å². The summed E-state index contributed by atoms with van der Waals surface area (Å²) in [6, 6.07) is 0. The first-order chi connectivity index (χ1) is 4.51. The van der Waals surface area contributed by atoms with Crippen LogP contribution in [-0.2, 0) is 4.79 Å². The summed E-state index contributed by atoms with van der Waals surface area (Å²) in [5.74, 6) is 0.0535. The molecule has 3 heteroatoms. The van der Waals surface area contributed by atoms with Crippen molar-refractivity contribution in [3.8, 4) is 0 Å². The fraction of sp³-hybridized carbons (Fsp3) is 0.857. The summed E-state index contributed by atoms with van der Waals surface area (Å²) in [5, 5.41) is 9.42. The summed E-state index contributed by atoms with van der Waals surface area (Å²) in [6.07, 6.45) is 0.701. The summed E-state index contributed by atoms with van der Waals surface area (Å²) in [7, 11) is 0. The zero-order valence-corrected chi connectivity index (χ0v) is 6.42. The molecule has 1 aliphatic heterocycles. The Kier molecular flexibility index (Phi) is 1.68. The highest BCUT2D eigenvalue weighted by Crippen LogP contribution is 2.19. The van der Waals surface area contributed by atoms with E-state index in [0.717, 1.165) is 0 Å². The topological polar surface area (TPSA) is 40.5 Å². The van der Waals surface area contributed by atoms with Crippen LogP contribution in [0.3, 0.4) is 0 Å². The van der Waals surface area contributed by atoms with Crippen LogP contribution in [0.5, 0.6) is 0 Å². The number of carbonyl (C=O) groups excluding carboxylic acids is 1. The molecule has 1 heterocycles. The van der Waals surface area contributed by atoms with Crippen LogP contribution in [0.4, 0.5) is 0 Å². The van der Waals surface area contributed by atoms with Crippen LogP contribution in [0.25, 0.3) is 0 Å². The average Bonchev–Trinajstić information content (AvgIpc) is 2.10. The van der Waals surface area contributed by atoms with Crippen LogP contribution in [0, 0.1) is 0 Å². The fourth-order valence-electron chi connectivity index (χ4n) is 1.21. The molecular formula is C7H13NO2. The highest BCUT2D eigenvalue weighted by molar-refractivity contribution is 5.73. The smallest absolute Gasteiger partial charge is 0.219 e. The molecule has 1 saturated heterocycles. The zero-order chi connectivity index (χ0) is 7.78. The molecule has 0 saturated carbocycles. The van der Waals surface area contributed by atoms with Crippen molar-refractivity contribution in [1.82, 2.24) is 4.90 Å². The van der Waals surface area contributed by atoms with Gasteiger partial charge in [-0.3, -0.25) is 4.79 Å². The molecule has 3 nitrogen and oxygen atoms in total. The monoisotopic (exact) mass is 143 g/mol. The van der Waals surface area contributed by atoms with E-state index in [1.807, 2.05) is 0 Å². The van der Waals surface area contributed by atoms with Gasteiger partial charge in [-0.15, -0.1) is 0 Å². The number of hydrogen-bond donors (Lipinski definition) is 1. The van der Waals surface area contributed by atoms with Gasteiger partial charge in [-0.25, -0.2) is 0 Å². The molecule has 0 aromatic rings. The number of amides is 1. The maximum absolute atomic E-state index is 10.7. The fourth-order valence-corrected chi connectivity index (χ4v) is 1.21. The third-order valence-corrected chi connectivity index (χ3v) is 1.90. The van der Waals surface area contributed by atoms with Crippen LogP contribution < -0.4 is 0 Å². The first kappa shape index (κ1) is 7.54. The quantitative estimate of drug-likeness (QED) is 0.518. The lowest BCUT2D eigenvalue weighted by Crippen LogP contribution is -2.32. The van der Waals surface area contributed by atoms with Gasteiger partial charge in [0, 0.05) is 20.0 Å². The predicted octanol–water partition coefficient (Wildman–Crippen LogP) is -0.0104. The maximum atomic E-state index is 10.7. The molecule has 1 N–H and O–H groups in total. The SMILES string of the molecule is CC(=O)N1CCC(C)(O)C1. The van der Waals surface area contributed by atoms with E-state index in [-0.39, 0.29) is 5.91 Å². The van der Waals surface area contributed by atoms with Gasteiger partial charge in [0.15, 0.2) is 0 Å². The van der Waals surface area contributed by atoms with Gasteiger partial charge in [0.25, 0.3) is 0 Å². The van der Waals surface area contributed by atoms with Crippen molar-refractivity contribution >= 4 is 5.91 Å². The van der Waals surface area contributed by atoms with Gasteiger partial charge in [-0.1, -0.05) is 0 Å². The van der Waals surface area contributed by atoms with Crippen LogP contribution in [-0.4, -0.2) is 34.6 Å². The number of β-amino-alcohol motifs (C(OH)–C–C–N with tert-alkyl or cyclic N) is 1. The van der Waals surface area contributed by atoms with Crippen LogP contribution in [0.2, 0.25) is 0 Å². The van der Waals surface area contributed by atoms with Gasteiger partial charge in [0.2, 0.25) is 5.91 Å². The molecule has 0 spiro atoms. The predicted molar refractivity (Wildman–Crippen MR) is 37.5 cm³/mol. The molecule has 0 bridgehead atoms. The molecule has 1 amide bonds. The Morgan fingerprint density at radius 3 is 2.50 bits per heavy atom. The van der Waals surface area contributed by atoms with Gasteiger partial charge in [-0.05, 0) is 13.3 Å². The van der Waals surface area contributed by atoms with Crippen molar-refractivity contribution in [3.05, 3.63) is 0 Å². The second-order valence-corrected chi connectivity index (χ2v) is 3.19. The van der Waals surface area contributed by atoms with Gasteiger partial charge in [-0.2, -0.15) is 0 Å². The van der Waals surface area contributed by atoms with E-state index in [9.17, 15) is 9.90 Å². The van der Waals surface area contributed by atoms with Crippen molar-refractivity contribution in [3.63, 3.8) is 0 Å². The summed E-state index contributed by atoms with van der Waals surface area (Å²) < 4.78 is 0. The minimum Gasteiger partial charge on any atom is -0.388 e. The lowest BCUT2D eigenvalue weighted by Gasteiger charge is -2.16. The number of aliphatic hydroxyl groups is 1. The van der Waals surface area contributed by atoms with Crippen molar-refractivity contribution in [1.29, 1.82) is 0 Å². The molecule has 1 rings (SSSR count). The van der Waals surface area contributed by atoms with Gasteiger partial charge >= 0.3 is 0 Å². The minimum atomic E-state index is -0.647. The zero-order valence-electron chi connectivity index (χ0n) is 6.42. The largest absolute Gasteiger partial charge is 0.388 e. The summed E-state index contributed by atoms with van der Waals surface area (Å²) >= 11 is 0. The van der Waals surface area contributed by atoms with E-state index < -0.39 is 5.60 Å². The third-order valence-electron chi connectivity index (χ3n) is 1.90. The van der Waals surface area contributed by atoms with Crippen molar-refractivity contribution in [2.75, 3.05) is 13.1 Å². The van der Waals surface area contributed by atoms with E-state index in [0.29, 0.717) is 19.5 Å². The summed E-state index contributed by atoms with van der Waals surface area (Å²) in [6.45, 7) is 4.47. The van der Waals surface area contributed by atoms with Gasteiger partial charge in [0.1, 0.15) is 0 Å². The molecule has 1 unspecified atom stereocenters. The van der Waals surface area contributed by atoms with Crippen molar-refractivity contribution in [2.24, 2.45) is 0 Å². The summed E-state index contributed by atoms with van der Waals surface area (Å²) in [5.41, 5.74) is -0.647. The third kappa shape index (κ3) is 1.48. The van der Waals surface area contributed by atoms with Gasteiger partial charge < -0.3 is 10.0 Å². The molecule has 1 atom stereocenters. The molecular weight excluding hydrogens is 130 g/mol. The van der Waals surface area contributed by atoms with E-state index in [1.165, 1.54) is 6.92 Å². The van der Waals surface area contributed by atoms with Crippen molar-refractivity contribution in [2.45, 2.75) is 25.9 Å². The highest BCUT2D eigenvalue weighted by atomic mass is 16.3. The molecule has 0 aromatic carbocycles. The number of carbonyl (C=O) groups is 1. The van der Waals surface area contributed by atoms with E-state index in [4.69, 9.17) is 0 Å². The lowest BCUT2D eigenvalue weighted by molar-refractivity contribution is -0.128. The number of nitrogens with zero attached hydrogens (tertiary/aromatic N) is 1. The lowest BCUT2D eigenvalue weighted by atomic mass is 10.1. The van der Waals surface area contributed by atoms with Crippen LogP contribution in [0.1, 0.15) is 20.3 Å². The number of rotatable bonds is 0. The first-order valence-electron chi connectivity index (χ1n) is 3.49. The standard InChI is InChI=1S/C7H13NO2/c1-6(9)8-4-3-7(2,10)5-8/h10H,3-5H2,1-2H3. The molecule has 0 radical (unpaired) electrons. The molecule has 58 valence electrons. The summed E-state index contributed by atoms with van der Waals surface area (Å²) in [4.78, 5) is 12.4. The molecule has 0 aliphatic carbocycles. The normalized spacial score (nSPS) is 32.9. The van der Waals surface area contributed by atoms with E-state index >= 15 is 0 Å². The van der Waals surface area contributed by atoms with Crippen LogP contribution in [0.15, 0.2) is 0 Å². The Morgan fingerprint density at radius 2 is 2.30 bits per heavy atom.